The molecule has 2 aromatic heterocycles. The molecule has 0 atom stereocenters. The van der Waals surface area contributed by atoms with E-state index in [9.17, 15) is 19.2 Å². The molecule has 2 amide bonds. The number of pyridine rings is 2. The van der Waals surface area contributed by atoms with Gasteiger partial charge in [0.1, 0.15) is 5.82 Å². The number of H-pyrrole nitrogens is 1. The average molecular weight is 322 g/mol. The highest BCUT2D eigenvalue weighted by atomic mass is 16.2. The molecule has 24 heavy (non-hydrogen) atoms. The van der Waals surface area contributed by atoms with Gasteiger partial charge in [-0.25, -0.2) is 0 Å². The van der Waals surface area contributed by atoms with Crippen LogP contribution in [-0.4, -0.2) is 21.4 Å². The molecule has 3 aromatic rings. The van der Waals surface area contributed by atoms with Gasteiger partial charge in [0.2, 0.25) is 5.56 Å². The smallest absolute Gasteiger partial charge is 0.262 e. The lowest BCUT2D eigenvalue weighted by Crippen LogP contribution is -2.24. The standard InChI is InChI=1S/C16H10N4O4/c17-14-13-9(15(23)19-16(13)24)6-12(22)20(14)8-3-1-7-2-4-11(21)18-10(7)5-8/h1-6H,17H2,(H,18,21)(H,19,23,24). The van der Waals surface area contributed by atoms with Crippen molar-refractivity contribution in [2.75, 3.05) is 5.73 Å². The predicted molar refractivity (Wildman–Crippen MR) is 86.4 cm³/mol. The number of anilines is 1. The molecular formula is C16H10N4O4. The van der Waals surface area contributed by atoms with Gasteiger partial charge in [-0.05, 0) is 23.6 Å². The Labute approximate surface area is 133 Å². The Kier molecular flexibility index (Phi) is 2.71. The topological polar surface area (TPSA) is 127 Å². The second-order valence-electron chi connectivity index (χ2n) is 5.37. The number of carbonyl (C=O) groups is 2. The number of aromatic amines is 1. The van der Waals surface area contributed by atoms with E-state index in [4.69, 9.17) is 5.73 Å². The van der Waals surface area contributed by atoms with Crippen molar-refractivity contribution in [2.24, 2.45) is 0 Å². The van der Waals surface area contributed by atoms with Crippen LogP contribution in [0.15, 0.2) is 46.0 Å². The first kappa shape index (κ1) is 13.9. The fourth-order valence-corrected chi connectivity index (χ4v) is 2.82. The summed E-state index contributed by atoms with van der Waals surface area (Å²) >= 11 is 0. The summed E-state index contributed by atoms with van der Waals surface area (Å²) in [5, 5.41) is 2.89. The summed E-state index contributed by atoms with van der Waals surface area (Å²) in [6.07, 6.45) is 0. The Hall–Kier alpha value is -3.68. The molecule has 0 radical (unpaired) electrons. The Morgan fingerprint density at radius 2 is 1.67 bits per heavy atom. The molecule has 8 nitrogen and oxygen atoms in total. The van der Waals surface area contributed by atoms with Crippen LogP contribution in [0.25, 0.3) is 16.6 Å². The van der Waals surface area contributed by atoms with Crippen molar-refractivity contribution < 1.29 is 9.59 Å². The maximum atomic E-state index is 12.4. The van der Waals surface area contributed by atoms with Gasteiger partial charge in [0.25, 0.3) is 17.4 Å². The SMILES string of the molecule is Nc1c2c(cc(=O)n1-c1ccc3ccc(=O)[nH]c3c1)C(=O)NC2=O. The largest absolute Gasteiger partial charge is 0.384 e. The van der Waals surface area contributed by atoms with Gasteiger partial charge in [-0.15, -0.1) is 0 Å². The van der Waals surface area contributed by atoms with Crippen LogP contribution in [0.3, 0.4) is 0 Å². The predicted octanol–water partition coefficient (Wildman–Crippen LogP) is 0.145. The maximum absolute atomic E-state index is 12.4. The van der Waals surface area contributed by atoms with Crippen molar-refractivity contribution in [3.8, 4) is 5.69 Å². The van der Waals surface area contributed by atoms with E-state index in [1.165, 1.54) is 6.07 Å². The lowest BCUT2D eigenvalue weighted by atomic mass is 10.1. The van der Waals surface area contributed by atoms with Crippen LogP contribution in [0, 0.1) is 0 Å². The Bertz CT molecular complexity index is 1170. The van der Waals surface area contributed by atoms with Crippen molar-refractivity contribution in [2.45, 2.75) is 0 Å². The van der Waals surface area contributed by atoms with Crippen molar-refractivity contribution in [3.63, 3.8) is 0 Å². The minimum atomic E-state index is -0.645. The molecule has 0 bridgehead atoms. The first-order chi connectivity index (χ1) is 11.5. The third kappa shape index (κ3) is 1.86. The van der Waals surface area contributed by atoms with Crippen LogP contribution >= 0.6 is 0 Å². The van der Waals surface area contributed by atoms with Crippen LogP contribution < -0.4 is 22.2 Å². The molecule has 0 saturated heterocycles. The van der Waals surface area contributed by atoms with E-state index >= 15 is 0 Å². The van der Waals surface area contributed by atoms with Gasteiger partial charge < -0.3 is 10.7 Å². The molecule has 1 aliphatic heterocycles. The Morgan fingerprint density at radius 3 is 2.46 bits per heavy atom. The fraction of sp³-hybridized carbons (Fsp3) is 0. The zero-order valence-corrected chi connectivity index (χ0v) is 12.1. The third-order valence-corrected chi connectivity index (χ3v) is 3.92. The van der Waals surface area contributed by atoms with E-state index in [1.54, 1.807) is 24.3 Å². The minimum absolute atomic E-state index is 0.0266. The highest BCUT2D eigenvalue weighted by molar-refractivity contribution is 6.23. The van der Waals surface area contributed by atoms with E-state index in [2.05, 4.69) is 10.3 Å². The summed E-state index contributed by atoms with van der Waals surface area (Å²) in [4.78, 5) is 50.0. The van der Waals surface area contributed by atoms with Gasteiger partial charge >= 0.3 is 0 Å². The summed E-state index contributed by atoms with van der Waals surface area (Å²) in [5.74, 6) is -1.41. The molecule has 0 aliphatic carbocycles. The number of carbonyl (C=O) groups excluding carboxylic acids is 2. The number of nitrogen functional groups attached to an aromatic ring is 1. The highest BCUT2D eigenvalue weighted by Crippen LogP contribution is 2.24. The zero-order chi connectivity index (χ0) is 17.0. The lowest BCUT2D eigenvalue weighted by Gasteiger charge is -2.12. The molecule has 0 fully saturated rings. The molecule has 0 saturated carbocycles. The summed E-state index contributed by atoms with van der Waals surface area (Å²) in [6, 6.07) is 9.05. The number of fused-ring (bicyclic) bond motifs is 2. The van der Waals surface area contributed by atoms with Crippen LogP contribution in [-0.2, 0) is 0 Å². The number of nitrogens with zero attached hydrogens (tertiary/aromatic N) is 1. The number of benzene rings is 1. The fourth-order valence-electron chi connectivity index (χ4n) is 2.82. The number of imide groups is 1. The van der Waals surface area contributed by atoms with E-state index in [1.807, 2.05) is 0 Å². The molecule has 4 rings (SSSR count). The van der Waals surface area contributed by atoms with Crippen LogP contribution in [0.5, 0.6) is 0 Å². The summed E-state index contributed by atoms with van der Waals surface area (Å²) < 4.78 is 1.13. The molecule has 8 heteroatoms. The summed E-state index contributed by atoms with van der Waals surface area (Å²) in [7, 11) is 0. The zero-order valence-electron chi connectivity index (χ0n) is 12.1. The molecule has 0 unspecified atom stereocenters. The van der Waals surface area contributed by atoms with Gasteiger partial charge in [0, 0.05) is 12.1 Å². The molecule has 1 aliphatic rings. The summed E-state index contributed by atoms with van der Waals surface area (Å²) in [6.45, 7) is 0. The van der Waals surface area contributed by atoms with Crippen molar-refractivity contribution in [1.82, 2.24) is 14.9 Å². The van der Waals surface area contributed by atoms with E-state index < -0.39 is 17.4 Å². The molecule has 3 heterocycles. The van der Waals surface area contributed by atoms with Crippen molar-refractivity contribution >= 4 is 28.5 Å². The van der Waals surface area contributed by atoms with Gasteiger partial charge in [-0.1, -0.05) is 6.07 Å². The molecular weight excluding hydrogens is 312 g/mol. The van der Waals surface area contributed by atoms with Gasteiger partial charge in [0.05, 0.1) is 22.3 Å². The molecule has 0 spiro atoms. The van der Waals surface area contributed by atoms with Gasteiger partial charge in [-0.3, -0.25) is 29.1 Å². The quantitative estimate of drug-likeness (QED) is 0.549. The number of hydrogen-bond acceptors (Lipinski definition) is 5. The highest BCUT2D eigenvalue weighted by Gasteiger charge is 2.31. The Balaban J connectivity index is 2.03. The first-order valence-corrected chi connectivity index (χ1v) is 7.00. The Morgan fingerprint density at radius 1 is 0.917 bits per heavy atom. The minimum Gasteiger partial charge on any atom is -0.384 e. The maximum Gasteiger partial charge on any atom is 0.262 e. The van der Waals surface area contributed by atoms with Gasteiger partial charge in [0.15, 0.2) is 0 Å². The molecule has 1 aromatic carbocycles. The van der Waals surface area contributed by atoms with Crippen LogP contribution in [0.4, 0.5) is 5.82 Å². The normalized spacial score (nSPS) is 13.2. The second kappa shape index (κ2) is 4.66. The van der Waals surface area contributed by atoms with Crippen molar-refractivity contribution in [1.29, 1.82) is 0 Å². The molecule has 4 N–H and O–H groups in total. The number of nitrogens with two attached hydrogens (primary N) is 1. The average Bonchev–Trinajstić information content (AvgIpc) is 2.81. The number of rotatable bonds is 1. The third-order valence-electron chi connectivity index (χ3n) is 3.92. The van der Waals surface area contributed by atoms with E-state index in [0.29, 0.717) is 11.2 Å². The number of hydrogen-bond donors (Lipinski definition) is 3. The van der Waals surface area contributed by atoms with Gasteiger partial charge in [-0.2, -0.15) is 0 Å². The van der Waals surface area contributed by atoms with E-state index in [0.717, 1.165) is 16.0 Å². The monoisotopic (exact) mass is 322 g/mol. The number of amides is 2. The number of aromatic nitrogens is 2. The van der Waals surface area contributed by atoms with Crippen LogP contribution in [0.1, 0.15) is 20.7 Å². The van der Waals surface area contributed by atoms with E-state index in [-0.39, 0.29) is 22.5 Å². The summed E-state index contributed by atoms with van der Waals surface area (Å²) in [5.41, 5.74) is 5.98. The second-order valence-corrected chi connectivity index (χ2v) is 5.37. The molecule has 118 valence electrons. The number of nitrogens with one attached hydrogen (secondary N) is 2. The first-order valence-electron chi connectivity index (χ1n) is 7.00. The lowest BCUT2D eigenvalue weighted by molar-refractivity contribution is 0.0880. The van der Waals surface area contributed by atoms with Crippen molar-refractivity contribution in [3.05, 3.63) is 68.2 Å². The van der Waals surface area contributed by atoms with Crippen LogP contribution in [0.2, 0.25) is 0 Å².